The predicted molar refractivity (Wildman–Crippen MR) is 104 cm³/mol. The Morgan fingerprint density at radius 1 is 0.931 bits per heavy atom. The summed E-state index contributed by atoms with van der Waals surface area (Å²) < 4.78 is 32.6. The lowest BCUT2D eigenvalue weighted by Crippen LogP contribution is -2.46. The van der Waals surface area contributed by atoms with Gasteiger partial charge >= 0.3 is 0 Å². The minimum atomic E-state index is -1.60. The fraction of sp³-hybridized carbons (Fsp3) is 0.381. The molecule has 1 unspecified atom stereocenters. The van der Waals surface area contributed by atoms with E-state index in [9.17, 15) is 9.90 Å². The van der Waals surface area contributed by atoms with E-state index < -0.39 is 11.9 Å². The third-order valence-electron chi connectivity index (χ3n) is 4.62. The maximum Gasteiger partial charge on any atom is 0.291 e. The van der Waals surface area contributed by atoms with Crippen molar-refractivity contribution < 1.29 is 38.3 Å². The minimum absolute atomic E-state index is 0.0707. The van der Waals surface area contributed by atoms with E-state index in [1.807, 2.05) is 0 Å². The van der Waals surface area contributed by atoms with Gasteiger partial charge in [0.05, 0.1) is 34.0 Å². The van der Waals surface area contributed by atoms with Crippen LogP contribution in [0, 0.1) is 0 Å². The van der Waals surface area contributed by atoms with E-state index in [0.29, 0.717) is 11.3 Å². The highest BCUT2D eigenvalue weighted by molar-refractivity contribution is 6.06. The summed E-state index contributed by atoms with van der Waals surface area (Å²) in [7, 11) is 8.46. The number of ether oxygens (including phenoxy) is 6. The molecule has 0 aromatic heterocycles. The Balaban J connectivity index is 2.58. The first kappa shape index (κ1) is 22.5. The van der Waals surface area contributed by atoms with Crippen LogP contribution >= 0.6 is 0 Å². The van der Waals surface area contributed by atoms with Crippen LogP contribution in [-0.2, 0) is 23.7 Å². The van der Waals surface area contributed by atoms with Crippen molar-refractivity contribution in [2.24, 2.45) is 0 Å². The Bertz CT molecular complexity index is 833. The average molecular weight is 406 g/mol. The van der Waals surface area contributed by atoms with Gasteiger partial charge in [0.25, 0.3) is 5.79 Å². The molecule has 0 fully saturated rings. The highest BCUT2D eigenvalue weighted by Gasteiger charge is 2.52. The lowest BCUT2D eigenvalue weighted by Gasteiger charge is -2.39. The van der Waals surface area contributed by atoms with Crippen LogP contribution in [0.15, 0.2) is 59.3 Å². The Labute approximate surface area is 169 Å². The molecule has 0 saturated heterocycles. The van der Waals surface area contributed by atoms with Gasteiger partial charge in [-0.1, -0.05) is 12.1 Å². The van der Waals surface area contributed by atoms with Gasteiger partial charge in [0, 0.05) is 19.8 Å². The van der Waals surface area contributed by atoms with Crippen molar-refractivity contribution in [1.29, 1.82) is 0 Å². The number of aliphatic hydroxyl groups is 1. The van der Waals surface area contributed by atoms with Gasteiger partial charge in [0.1, 0.15) is 11.9 Å². The molecule has 1 aromatic rings. The molecule has 2 rings (SSSR count). The summed E-state index contributed by atoms with van der Waals surface area (Å²) in [5.74, 6) is -1.19. The number of hydrogen-bond acceptors (Lipinski definition) is 8. The maximum absolute atomic E-state index is 12.7. The number of hydrogen-bond donors (Lipinski definition) is 1. The molecule has 0 bridgehead atoms. The molecule has 0 spiro atoms. The van der Waals surface area contributed by atoms with Crippen molar-refractivity contribution in [2.45, 2.75) is 11.9 Å². The van der Waals surface area contributed by atoms with Crippen molar-refractivity contribution in [2.75, 3.05) is 42.7 Å². The molecule has 0 radical (unpaired) electrons. The molecule has 158 valence electrons. The molecule has 1 aliphatic carbocycles. The van der Waals surface area contributed by atoms with Gasteiger partial charge in [-0.25, -0.2) is 0 Å². The Hall–Kier alpha value is -2.81. The summed E-state index contributed by atoms with van der Waals surface area (Å²) in [6.07, 6.45) is 1.46. The number of aliphatic hydroxyl groups excluding tert-OH is 1. The zero-order valence-electron chi connectivity index (χ0n) is 17.3. The third kappa shape index (κ3) is 3.87. The summed E-state index contributed by atoms with van der Waals surface area (Å²) in [6.45, 7) is 0. The normalized spacial score (nSPS) is 18.8. The minimum Gasteiger partial charge on any atom is -0.496 e. The molecule has 0 amide bonds. The summed E-state index contributed by atoms with van der Waals surface area (Å²) in [6, 6.07) is 6.83. The van der Waals surface area contributed by atoms with Gasteiger partial charge in [0.2, 0.25) is 5.76 Å². The first-order valence-corrected chi connectivity index (χ1v) is 8.70. The van der Waals surface area contributed by atoms with E-state index in [0.717, 1.165) is 0 Å². The van der Waals surface area contributed by atoms with Crippen molar-refractivity contribution in [3.8, 4) is 5.75 Å². The van der Waals surface area contributed by atoms with Gasteiger partial charge in [-0.2, -0.15) is 0 Å². The quantitative estimate of drug-likeness (QED) is 0.379. The largest absolute Gasteiger partial charge is 0.496 e. The highest BCUT2D eigenvalue weighted by atomic mass is 16.7. The number of allylic oxidation sites excluding steroid dienone is 1. The highest BCUT2D eigenvalue weighted by Crippen LogP contribution is 2.42. The lowest BCUT2D eigenvalue weighted by atomic mass is 9.92. The van der Waals surface area contributed by atoms with Gasteiger partial charge in [-0.05, 0) is 24.3 Å². The molecular formula is C21H26O8. The first-order valence-electron chi connectivity index (χ1n) is 8.70. The van der Waals surface area contributed by atoms with Crippen LogP contribution in [-0.4, -0.2) is 65.4 Å². The van der Waals surface area contributed by atoms with E-state index in [1.54, 1.807) is 24.3 Å². The molecule has 1 atom stereocenters. The van der Waals surface area contributed by atoms with Crippen LogP contribution in [0.25, 0.3) is 0 Å². The molecule has 0 aliphatic heterocycles. The fourth-order valence-electron chi connectivity index (χ4n) is 3.26. The average Bonchev–Trinajstić information content (AvgIpc) is 2.76. The number of rotatable bonds is 9. The molecule has 8 heteroatoms. The Morgan fingerprint density at radius 2 is 1.55 bits per heavy atom. The molecule has 1 aromatic carbocycles. The maximum atomic E-state index is 12.7. The predicted octanol–water partition coefficient (Wildman–Crippen LogP) is 2.20. The molecule has 0 heterocycles. The number of carbonyl (C=O) groups excluding carboxylic acids is 1. The zero-order chi connectivity index (χ0) is 21.6. The van der Waals surface area contributed by atoms with Crippen LogP contribution in [0.3, 0.4) is 0 Å². The number of carbonyl (C=O) groups is 1. The molecule has 1 N–H and O–H groups in total. The van der Waals surface area contributed by atoms with Gasteiger partial charge in [0.15, 0.2) is 17.3 Å². The van der Waals surface area contributed by atoms with Crippen molar-refractivity contribution in [3.05, 3.63) is 64.8 Å². The van der Waals surface area contributed by atoms with E-state index >= 15 is 0 Å². The molecule has 8 nitrogen and oxygen atoms in total. The van der Waals surface area contributed by atoms with Crippen molar-refractivity contribution in [1.82, 2.24) is 0 Å². The Kier molecular flexibility index (Phi) is 7.44. The smallest absolute Gasteiger partial charge is 0.291 e. The van der Waals surface area contributed by atoms with Crippen LogP contribution in [0.5, 0.6) is 5.75 Å². The summed E-state index contributed by atoms with van der Waals surface area (Å²) in [5.41, 5.74) is 0.595. The molecule has 0 saturated carbocycles. The second-order valence-corrected chi connectivity index (χ2v) is 5.92. The standard InChI is InChI=1S/C21H26O8/c1-24-16-10-8-7-9-13(16)15(22)12-11-14-17(23)18(25-2)20(27-4)21(28-5,29-6)19(14)26-3/h7-12,17,23H,1-6H3/b12-11+. The number of benzene rings is 1. The van der Waals surface area contributed by atoms with Crippen LogP contribution in [0.4, 0.5) is 0 Å². The van der Waals surface area contributed by atoms with E-state index in [1.165, 1.54) is 54.8 Å². The molecule has 1 aliphatic rings. The van der Waals surface area contributed by atoms with Gasteiger partial charge < -0.3 is 33.5 Å². The zero-order valence-corrected chi connectivity index (χ0v) is 17.3. The van der Waals surface area contributed by atoms with Crippen molar-refractivity contribution in [3.63, 3.8) is 0 Å². The fourth-order valence-corrected chi connectivity index (χ4v) is 3.26. The van der Waals surface area contributed by atoms with E-state index in [-0.39, 0.29) is 28.6 Å². The summed E-state index contributed by atoms with van der Waals surface area (Å²) in [5, 5.41) is 10.8. The van der Waals surface area contributed by atoms with Gasteiger partial charge in [-0.15, -0.1) is 0 Å². The molecular weight excluding hydrogens is 380 g/mol. The van der Waals surface area contributed by atoms with Gasteiger partial charge in [-0.3, -0.25) is 4.79 Å². The number of methoxy groups -OCH3 is 6. The third-order valence-corrected chi connectivity index (χ3v) is 4.62. The lowest BCUT2D eigenvalue weighted by molar-refractivity contribution is -0.202. The Morgan fingerprint density at radius 3 is 2.07 bits per heavy atom. The first-order chi connectivity index (χ1) is 13.9. The van der Waals surface area contributed by atoms with Crippen molar-refractivity contribution >= 4 is 5.78 Å². The van der Waals surface area contributed by atoms with Crippen LogP contribution < -0.4 is 4.74 Å². The summed E-state index contributed by atoms with van der Waals surface area (Å²) >= 11 is 0. The SMILES string of the molecule is COC1=C(OC)C(OC)(OC)C(OC)=C(/C=C/C(=O)c2ccccc2OC)C1O. The number of ketones is 1. The van der Waals surface area contributed by atoms with Crippen LogP contribution in [0.1, 0.15) is 10.4 Å². The van der Waals surface area contributed by atoms with Crippen LogP contribution in [0.2, 0.25) is 0 Å². The second kappa shape index (κ2) is 9.60. The topological polar surface area (TPSA) is 92.7 Å². The van der Waals surface area contributed by atoms with E-state index in [4.69, 9.17) is 28.4 Å². The monoisotopic (exact) mass is 406 g/mol. The van der Waals surface area contributed by atoms with E-state index in [2.05, 4.69) is 0 Å². The molecule has 29 heavy (non-hydrogen) atoms. The summed E-state index contributed by atoms with van der Waals surface area (Å²) in [4.78, 5) is 12.7. The number of para-hydroxylation sites is 1. The second-order valence-electron chi connectivity index (χ2n) is 5.92.